The van der Waals surface area contributed by atoms with Gasteiger partial charge in [-0.05, 0) is 5.21 Å². The van der Waals surface area contributed by atoms with E-state index in [0.29, 0.717) is 5.65 Å². The van der Waals surface area contributed by atoms with Crippen LogP contribution in [0.1, 0.15) is 0 Å². The van der Waals surface area contributed by atoms with E-state index >= 15 is 0 Å². The van der Waals surface area contributed by atoms with Gasteiger partial charge in [0.05, 0.1) is 6.20 Å². The first kappa shape index (κ1) is 4.30. The number of hydrogen-bond acceptors (Lipinski definition) is 5. The van der Waals surface area contributed by atoms with Crippen molar-refractivity contribution in [3.05, 3.63) is 12.5 Å². The molecule has 0 amide bonds. The maximum atomic E-state index is 3.71. The summed E-state index contributed by atoms with van der Waals surface area (Å²) in [6.07, 6.45) is 2.79. The van der Waals surface area contributed by atoms with Gasteiger partial charge in [-0.25, -0.2) is 0 Å². The molecule has 0 N–H and O–H groups in total. The van der Waals surface area contributed by atoms with E-state index in [1.165, 1.54) is 17.2 Å². The van der Waals surface area contributed by atoms with Crippen molar-refractivity contribution < 1.29 is 0 Å². The van der Waals surface area contributed by atoms with Gasteiger partial charge in [0.2, 0.25) is 5.65 Å². The molecule has 0 atom stereocenters. The zero-order chi connectivity index (χ0) is 6.10. The van der Waals surface area contributed by atoms with E-state index in [1.54, 1.807) is 0 Å². The Kier molecular flexibility index (Phi) is 0.689. The summed E-state index contributed by atoms with van der Waals surface area (Å²) in [6, 6.07) is 0. The highest BCUT2D eigenvalue weighted by molar-refractivity contribution is 5.27. The summed E-state index contributed by atoms with van der Waals surface area (Å²) in [6.45, 7) is 0. The third-order valence-corrected chi connectivity index (χ3v) is 0.887. The lowest BCUT2D eigenvalue weighted by Gasteiger charge is -1.81. The van der Waals surface area contributed by atoms with Crippen molar-refractivity contribution >= 4 is 5.65 Å². The molecule has 2 aromatic rings. The third kappa shape index (κ3) is 0.525. The molecule has 0 saturated heterocycles. The molecule has 44 valence electrons. The highest BCUT2D eigenvalue weighted by Gasteiger charge is 1.91. The molecule has 2 aromatic heterocycles. The predicted molar refractivity (Wildman–Crippen MR) is 26.4 cm³/mol. The molecular formula is C3H2N6. The monoisotopic (exact) mass is 122 g/mol. The molecule has 0 saturated carbocycles. The van der Waals surface area contributed by atoms with Gasteiger partial charge in [0, 0.05) is 0 Å². The summed E-state index contributed by atoms with van der Waals surface area (Å²) in [5, 5.41) is 18.0. The molecule has 0 aromatic carbocycles. The third-order valence-electron chi connectivity index (χ3n) is 0.887. The van der Waals surface area contributed by atoms with Crippen molar-refractivity contribution in [3.8, 4) is 0 Å². The van der Waals surface area contributed by atoms with Crippen molar-refractivity contribution in [3.63, 3.8) is 0 Å². The topological polar surface area (TPSA) is 68.9 Å². The Labute approximate surface area is 49.5 Å². The quantitative estimate of drug-likeness (QED) is 0.444. The standard InChI is InChI=1S/C3H2N6/c1-3-7-5-2-6-9(3)8-4-1/h1-2H. The molecule has 9 heavy (non-hydrogen) atoms. The second kappa shape index (κ2) is 1.44. The van der Waals surface area contributed by atoms with Crippen molar-refractivity contribution in [2.24, 2.45) is 0 Å². The fourth-order valence-corrected chi connectivity index (χ4v) is 0.529. The first-order valence-electron chi connectivity index (χ1n) is 2.31. The molecular weight excluding hydrogens is 120 g/mol. The van der Waals surface area contributed by atoms with Gasteiger partial charge in [0.1, 0.15) is 0 Å². The van der Waals surface area contributed by atoms with Crippen molar-refractivity contribution in [1.29, 1.82) is 0 Å². The van der Waals surface area contributed by atoms with E-state index in [2.05, 4.69) is 25.6 Å². The normalized spacial score (nSPS) is 10.2. The summed E-state index contributed by atoms with van der Waals surface area (Å²) < 4.78 is 1.30. The van der Waals surface area contributed by atoms with Crippen LogP contribution in [0.3, 0.4) is 0 Å². The lowest BCUT2D eigenvalue weighted by molar-refractivity contribution is 0.706. The highest BCUT2D eigenvalue weighted by atomic mass is 15.5. The number of rotatable bonds is 0. The van der Waals surface area contributed by atoms with Crippen LogP contribution in [0, 0.1) is 0 Å². The fraction of sp³-hybridized carbons (Fsp3) is 0. The molecule has 0 aliphatic rings. The zero-order valence-corrected chi connectivity index (χ0v) is 4.34. The highest BCUT2D eigenvalue weighted by Crippen LogP contribution is 1.84. The first-order valence-corrected chi connectivity index (χ1v) is 2.31. The number of aromatic nitrogens is 6. The summed E-state index contributed by atoms with van der Waals surface area (Å²) in [7, 11) is 0. The Balaban J connectivity index is 2.95. The average molecular weight is 122 g/mol. The smallest absolute Gasteiger partial charge is 0.135 e. The summed E-state index contributed by atoms with van der Waals surface area (Å²) in [5.41, 5.74) is 0.553. The Morgan fingerprint density at radius 1 is 1.33 bits per heavy atom. The second-order valence-electron chi connectivity index (χ2n) is 1.43. The minimum absolute atomic E-state index is 0.553. The molecule has 0 spiro atoms. The summed E-state index contributed by atoms with van der Waals surface area (Å²) in [4.78, 5) is 0. The van der Waals surface area contributed by atoms with Crippen LogP contribution in [0.15, 0.2) is 12.5 Å². The van der Waals surface area contributed by atoms with Crippen molar-refractivity contribution in [2.75, 3.05) is 0 Å². The molecule has 0 aliphatic heterocycles. The van der Waals surface area contributed by atoms with Gasteiger partial charge < -0.3 is 0 Å². The van der Waals surface area contributed by atoms with Gasteiger partial charge in [0.15, 0.2) is 6.33 Å². The van der Waals surface area contributed by atoms with Gasteiger partial charge in [-0.2, -0.15) is 0 Å². The maximum Gasteiger partial charge on any atom is 0.218 e. The SMILES string of the molecule is c1nnc2cnnn2n1. The Hall–Kier alpha value is -1.59. The van der Waals surface area contributed by atoms with E-state index in [-0.39, 0.29) is 0 Å². The van der Waals surface area contributed by atoms with Crippen molar-refractivity contribution in [2.45, 2.75) is 0 Å². The fourth-order valence-electron chi connectivity index (χ4n) is 0.529. The number of nitrogens with zero attached hydrogens (tertiary/aromatic N) is 6. The number of fused-ring (bicyclic) bond motifs is 1. The van der Waals surface area contributed by atoms with E-state index in [0.717, 1.165) is 0 Å². The van der Waals surface area contributed by atoms with E-state index in [1.807, 2.05) is 0 Å². The van der Waals surface area contributed by atoms with Gasteiger partial charge in [0.25, 0.3) is 0 Å². The average Bonchev–Trinajstić information content (AvgIpc) is 2.33. The Morgan fingerprint density at radius 3 is 3.22 bits per heavy atom. The molecule has 2 heterocycles. The largest absolute Gasteiger partial charge is 0.218 e. The van der Waals surface area contributed by atoms with Gasteiger partial charge in [-0.15, -0.1) is 25.0 Å². The zero-order valence-electron chi connectivity index (χ0n) is 4.34. The predicted octanol–water partition coefficient (Wildman–Crippen LogP) is -1.09. The second-order valence-corrected chi connectivity index (χ2v) is 1.43. The number of hydrogen-bond donors (Lipinski definition) is 0. The molecule has 0 radical (unpaired) electrons. The van der Waals surface area contributed by atoms with Gasteiger partial charge in [-0.3, -0.25) is 0 Å². The molecule has 0 aliphatic carbocycles. The minimum Gasteiger partial charge on any atom is -0.135 e. The molecule has 6 heteroatoms. The van der Waals surface area contributed by atoms with Crippen LogP contribution in [-0.2, 0) is 0 Å². The van der Waals surface area contributed by atoms with Crippen LogP contribution in [0.5, 0.6) is 0 Å². The van der Waals surface area contributed by atoms with Crippen LogP contribution >= 0.6 is 0 Å². The van der Waals surface area contributed by atoms with E-state index < -0.39 is 0 Å². The maximum absolute atomic E-state index is 3.71. The van der Waals surface area contributed by atoms with Gasteiger partial charge >= 0.3 is 0 Å². The summed E-state index contributed by atoms with van der Waals surface area (Å²) >= 11 is 0. The lowest BCUT2D eigenvalue weighted by atomic mass is 10.8. The van der Waals surface area contributed by atoms with E-state index in [4.69, 9.17) is 0 Å². The Morgan fingerprint density at radius 2 is 2.33 bits per heavy atom. The first-order chi connectivity index (χ1) is 4.47. The molecule has 0 unspecified atom stereocenters. The minimum atomic E-state index is 0.553. The summed E-state index contributed by atoms with van der Waals surface area (Å²) in [5.74, 6) is 0. The molecule has 6 nitrogen and oxygen atoms in total. The van der Waals surface area contributed by atoms with Crippen molar-refractivity contribution in [1.82, 2.24) is 30.2 Å². The van der Waals surface area contributed by atoms with Crippen LogP contribution in [-0.4, -0.2) is 30.2 Å². The van der Waals surface area contributed by atoms with Crippen LogP contribution < -0.4 is 0 Å². The Bertz CT molecular complexity index is 282. The molecule has 0 bridgehead atoms. The lowest BCUT2D eigenvalue weighted by Crippen LogP contribution is -1.95. The van der Waals surface area contributed by atoms with Gasteiger partial charge in [-0.1, -0.05) is 0 Å². The molecule has 2 rings (SSSR count). The van der Waals surface area contributed by atoms with Crippen LogP contribution in [0.2, 0.25) is 0 Å². The molecule has 0 fully saturated rings. The van der Waals surface area contributed by atoms with Crippen LogP contribution in [0.25, 0.3) is 5.65 Å². The van der Waals surface area contributed by atoms with Crippen LogP contribution in [0.4, 0.5) is 0 Å². The van der Waals surface area contributed by atoms with E-state index in [9.17, 15) is 0 Å².